The van der Waals surface area contributed by atoms with Crippen LogP contribution in [-0.2, 0) is 15.7 Å². The highest BCUT2D eigenvalue weighted by Crippen LogP contribution is 2.40. The van der Waals surface area contributed by atoms with Crippen LogP contribution in [0.4, 0.5) is 11.6 Å². The van der Waals surface area contributed by atoms with E-state index in [1.165, 1.54) is 0 Å². The Morgan fingerprint density at radius 3 is 2.61 bits per heavy atom. The Balaban J connectivity index is 2.19. The zero-order valence-corrected chi connectivity index (χ0v) is 20.6. The molecule has 0 aliphatic rings. The molecule has 0 aliphatic heterocycles. The molecule has 1 atom stereocenters. The molecule has 3 rings (SSSR count). The van der Waals surface area contributed by atoms with Crippen molar-refractivity contribution in [3.63, 3.8) is 0 Å². The van der Waals surface area contributed by atoms with Crippen LogP contribution in [0.3, 0.4) is 0 Å². The Morgan fingerprint density at radius 1 is 1.23 bits per heavy atom. The monoisotopic (exact) mass is 462 g/mol. The summed E-state index contributed by atoms with van der Waals surface area (Å²) in [6.07, 6.45) is 4.59. The molecule has 3 aromatic heterocycles. The Bertz CT molecular complexity index is 1010. The van der Waals surface area contributed by atoms with Crippen LogP contribution >= 0.6 is 11.6 Å². The summed E-state index contributed by atoms with van der Waals surface area (Å²) in [6, 6.07) is 0. The van der Waals surface area contributed by atoms with E-state index in [0.29, 0.717) is 36.9 Å². The van der Waals surface area contributed by atoms with Crippen molar-refractivity contribution < 1.29 is 9.16 Å². The first-order valence-corrected chi connectivity index (χ1v) is 13.0. The number of rotatable bonds is 9. The molecular weight excluding hydrogens is 434 g/mol. The van der Waals surface area contributed by atoms with Gasteiger partial charge in [0.15, 0.2) is 5.82 Å². The molecule has 0 saturated heterocycles. The predicted molar refractivity (Wildman–Crippen MR) is 123 cm³/mol. The van der Waals surface area contributed by atoms with Crippen LogP contribution in [0, 0.1) is 5.41 Å². The molecule has 0 spiro atoms. The van der Waals surface area contributed by atoms with Crippen LogP contribution < -0.4 is 5.32 Å². The third kappa shape index (κ3) is 5.76. The van der Waals surface area contributed by atoms with E-state index < -0.39 is 9.04 Å². The molecule has 3 aromatic rings. The fourth-order valence-corrected chi connectivity index (χ4v) is 4.27. The topological polar surface area (TPSA) is 99.9 Å². The van der Waals surface area contributed by atoms with Crippen LogP contribution in [0.15, 0.2) is 18.6 Å². The summed E-state index contributed by atoms with van der Waals surface area (Å²) >= 11 is 6.33. The highest BCUT2D eigenvalue weighted by molar-refractivity contribution is 6.48. The van der Waals surface area contributed by atoms with Gasteiger partial charge < -0.3 is 14.5 Å². The Morgan fingerprint density at radius 2 is 2.00 bits per heavy atom. The van der Waals surface area contributed by atoms with Crippen molar-refractivity contribution in [3.8, 4) is 0 Å². The Kier molecular flexibility index (Phi) is 7.58. The normalized spacial score (nSPS) is 13.2. The molecule has 0 amide bonds. The van der Waals surface area contributed by atoms with Crippen molar-refractivity contribution in [2.45, 2.75) is 53.4 Å². The van der Waals surface area contributed by atoms with Crippen molar-refractivity contribution in [1.29, 1.82) is 0 Å². The maximum atomic E-state index is 6.39. The molecular formula is C20H29ClN7O2Si. The van der Waals surface area contributed by atoms with Gasteiger partial charge in [-0.1, -0.05) is 20.8 Å². The predicted octanol–water partition coefficient (Wildman–Crippen LogP) is 4.40. The second-order valence-electron chi connectivity index (χ2n) is 8.33. The van der Waals surface area contributed by atoms with Crippen LogP contribution in [0.2, 0.25) is 18.4 Å². The molecule has 0 saturated carbocycles. The first kappa shape index (κ1) is 23.5. The molecule has 0 aromatic carbocycles. The van der Waals surface area contributed by atoms with Gasteiger partial charge in [0, 0.05) is 19.0 Å². The lowest BCUT2D eigenvalue weighted by Gasteiger charge is -2.31. The molecule has 167 valence electrons. The van der Waals surface area contributed by atoms with Gasteiger partial charge in [0.1, 0.15) is 22.5 Å². The lowest BCUT2D eigenvalue weighted by atomic mass is 9.87. The average Bonchev–Trinajstić information content (AvgIpc) is 3.04. The van der Waals surface area contributed by atoms with E-state index in [1.807, 2.05) is 11.6 Å². The van der Waals surface area contributed by atoms with Gasteiger partial charge in [-0.2, -0.15) is 10.1 Å². The van der Waals surface area contributed by atoms with Gasteiger partial charge in [-0.15, -0.1) is 0 Å². The fraction of sp³-hybridized carbons (Fsp3) is 0.550. The SMILES string of the molecule is CCOCCn1nc(C(O[Si](C)C)C(C)(C)C)c2nc(Cl)nc(Nc3cnccn3)c21. The summed E-state index contributed by atoms with van der Waals surface area (Å²) in [5.41, 5.74) is 1.94. The molecule has 9 nitrogen and oxygen atoms in total. The van der Waals surface area contributed by atoms with Crippen LogP contribution in [0.5, 0.6) is 0 Å². The minimum absolute atomic E-state index is 0.121. The average molecular weight is 463 g/mol. The number of aromatic nitrogens is 6. The molecule has 31 heavy (non-hydrogen) atoms. The number of nitrogens with one attached hydrogen (secondary N) is 1. The molecule has 1 N–H and O–H groups in total. The molecule has 11 heteroatoms. The summed E-state index contributed by atoms with van der Waals surface area (Å²) in [5.74, 6) is 1.06. The van der Waals surface area contributed by atoms with Crippen molar-refractivity contribution in [2.75, 3.05) is 18.5 Å². The zero-order chi connectivity index (χ0) is 22.6. The lowest BCUT2D eigenvalue weighted by molar-refractivity contribution is 0.0824. The number of ether oxygens (including phenoxy) is 1. The molecule has 0 bridgehead atoms. The van der Waals surface area contributed by atoms with Gasteiger partial charge in [-0.05, 0) is 37.0 Å². The second-order valence-corrected chi connectivity index (χ2v) is 10.7. The van der Waals surface area contributed by atoms with Crippen molar-refractivity contribution >= 4 is 43.3 Å². The third-order valence-electron chi connectivity index (χ3n) is 4.44. The Labute approximate surface area is 189 Å². The summed E-state index contributed by atoms with van der Waals surface area (Å²) in [7, 11) is -0.994. The standard InChI is InChI=1S/C20H29ClN7O2Si/c1-7-29-11-10-28-16-14(15(27-28)17(20(2,3)4)30-31(5)6)25-19(21)26-18(16)24-13-12-22-8-9-23-13/h8-9,12,17H,7,10-11H2,1-6H3,(H,23,24,25,26). The molecule has 1 radical (unpaired) electrons. The number of hydrogen-bond donors (Lipinski definition) is 1. The van der Waals surface area contributed by atoms with E-state index in [1.54, 1.807) is 18.6 Å². The van der Waals surface area contributed by atoms with Crippen molar-refractivity contribution in [2.24, 2.45) is 5.41 Å². The maximum Gasteiger partial charge on any atom is 0.225 e. The third-order valence-corrected chi connectivity index (χ3v) is 5.31. The Hall–Kier alpha value is -2.14. The van der Waals surface area contributed by atoms with Crippen LogP contribution in [0.1, 0.15) is 39.5 Å². The second kappa shape index (κ2) is 9.99. The number of fused-ring (bicyclic) bond motifs is 1. The number of halogens is 1. The number of anilines is 2. The molecule has 0 aliphatic carbocycles. The maximum absolute atomic E-state index is 6.39. The summed E-state index contributed by atoms with van der Waals surface area (Å²) < 4.78 is 13.8. The van der Waals surface area contributed by atoms with E-state index in [2.05, 4.69) is 59.1 Å². The first-order chi connectivity index (χ1) is 14.7. The van der Waals surface area contributed by atoms with Gasteiger partial charge in [0.25, 0.3) is 0 Å². The van der Waals surface area contributed by atoms with Crippen molar-refractivity contribution in [1.82, 2.24) is 29.7 Å². The van der Waals surface area contributed by atoms with Gasteiger partial charge >= 0.3 is 0 Å². The highest BCUT2D eigenvalue weighted by Gasteiger charge is 2.34. The van der Waals surface area contributed by atoms with E-state index in [9.17, 15) is 0 Å². The first-order valence-electron chi connectivity index (χ1n) is 10.2. The molecule has 1 unspecified atom stereocenters. The summed E-state index contributed by atoms with van der Waals surface area (Å²) in [4.78, 5) is 17.4. The van der Waals surface area contributed by atoms with Crippen LogP contribution in [0.25, 0.3) is 11.0 Å². The van der Waals surface area contributed by atoms with E-state index in [-0.39, 0.29) is 16.8 Å². The summed E-state index contributed by atoms with van der Waals surface area (Å²) in [6.45, 7) is 14.3. The van der Waals surface area contributed by atoms with Gasteiger partial charge in [-0.3, -0.25) is 9.67 Å². The smallest absolute Gasteiger partial charge is 0.225 e. The minimum atomic E-state index is -0.994. The molecule has 0 fully saturated rings. The summed E-state index contributed by atoms with van der Waals surface area (Å²) in [5, 5.41) is 8.24. The number of nitrogens with zero attached hydrogens (tertiary/aromatic N) is 6. The largest absolute Gasteiger partial charge is 0.408 e. The van der Waals surface area contributed by atoms with Crippen LogP contribution in [-0.4, -0.2) is 52.0 Å². The van der Waals surface area contributed by atoms with Gasteiger partial charge in [0.2, 0.25) is 14.3 Å². The number of hydrogen-bond acceptors (Lipinski definition) is 8. The quantitative estimate of drug-likeness (QED) is 0.283. The fourth-order valence-electron chi connectivity index (χ4n) is 3.16. The van der Waals surface area contributed by atoms with Gasteiger partial charge in [-0.25, -0.2) is 9.97 Å². The van der Waals surface area contributed by atoms with E-state index >= 15 is 0 Å². The molecule has 3 heterocycles. The van der Waals surface area contributed by atoms with E-state index in [0.717, 1.165) is 11.2 Å². The highest BCUT2D eigenvalue weighted by atomic mass is 35.5. The van der Waals surface area contributed by atoms with Gasteiger partial charge in [0.05, 0.1) is 25.5 Å². The van der Waals surface area contributed by atoms with Crippen molar-refractivity contribution in [3.05, 3.63) is 29.6 Å². The zero-order valence-electron chi connectivity index (χ0n) is 18.8. The minimum Gasteiger partial charge on any atom is -0.408 e. The lowest BCUT2D eigenvalue weighted by Crippen LogP contribution is -2.26. The van der Waals surface area contributed by atoms with E-state index in [4.69, 9.17) is 25.9 Å².